The molecule has 0 amide bonds. The van der Waals surface area contributed by atoms with Crippen LogP contribution < -0.4 is 4.74 Å². The molecule has 7 heteroatoms. The minimum Gasteiger partial charge on any atom is -0.497 e. The van der Waals surface area contributed by atoms with Crippen molar-refractivity contribution >= 4 is 34.6 Å². The molecule has 0 aliphatic rings. The number of rotatable bonds is 8. The Morgan fingerprint density at radius 2 is 1.77 bits per heavy atom. The number of nitrogens with zero attached hydrogens (tertiary/aromatic N) is 1. The summed E-state index contributed by atoms with van der Waals surface area (Å²) in [5.74, 6) is 0.485. The SMILES string of the molecule is CCOC(=O)Cc1cc(C(=NOC)c2ccc(OC)cc2)sc1-c1ccc(Cl)cc1. The van der Waals surface area contributed by atoms with E-state index >= 15 is 0 Å². The Balaban J connectivity index is 2.06. The van der Waals surface area contributed by atoms with Crippen LogP contribution in [0.15, 0.2) is 59.8 Å². The molecule has 0 unspecified atom stereocenters. The highest BCUT2D eigenvalue weighted by molar-refractivity contribution is 7.17. The molecular weight excluding hydrogens is 422 g/mol. The standard InChI is InChI=1S/C23H22ClNO4S/c1-4-29-21(26)14-17-13-20(30-23(17)16-5-9-18(24)10-6-16)22(25-28-3)15-7-11-19(27-2)12-8-15/h5-13H,4,14H2,1-3H3. The van der Waals surface area contributed by atoms with Crippen LogP contribution in [0, 0.1) is 0 Å². The average Bonchev–Trinajstić information content (AvgIpc) is 3.16. The molecule has 0 saturated heterocycles. The second kappa shape index (κ2) is 10.3. The monoisotopic (exact) mass is 443 g/mol. The van der Waals surface area contributed by atoms with Gasteiger partial charge in [-0.2, -0.15) is 0 Å². The number of halogens is 1. The van der Waals surface area contributed by atoms with Crippen LogP contribution in [0.5, 0.6) is 5.75 Å². The molecule has 0 N–H and O–H groups in total. The van der Waals surface area contributed by atoms with Gasteiger partial charge in [-0.15, -0.1) is 11.3 Å². The Morgan fingerprint density at radius 3 is 2.37 bits per heavy atom. The lowest BCUT2D eigenvalue weighted by molar-refractivity contribution is -0.142. The fourth-order valence-electron chi connectivity index (χ4n) is 2.97. The van der Waals surface area contributed by atoms with Crippen LogP contribution in [0.3, 0.4) is 0 Å². The van der Waals surface area contributed by atoms with Crippen molar-refractivity contribution in [3.63, 3.8) is 0 Å². The summed E-state index contributed by atoms with van der Waals surface area (Å²) in [6, 6.07) is 17.1. The number of ether oxygens (including phenoxy) is 2. The topological polar surface area (TPSA) is 57.1 Å². The van der Waals surface area contributed by atoms with E-state index in [4.69, 9.17) is 25.9 Å². The van der Waals surface area contributed by atoms with Crippen LogP contribution in [0.25, 0.3) is 10.4 Å². The number of hydrogen-bond acceptors (Lipinski definition) is 6. The Kier molecular flexibility index (Phi) is 7.49. The van der Waals surface area contributed by atoms with Crippen LogP contribution in [-0.4, -0.2) is 32.5 Å². The molecule has 0 saturated carbocycles. The Hall–Kier alpha value is -2.83. The normalized spacial score (nSPS) is 11.3. The fourth-order valence-corrected chi connectivity index (χ4v) is 4.28. The first-order valence-corrected chi connectivity index (χ1v) is 10.5. The summed E-state index contributed by atoms with van der Waals surface area (Å²) in [6.07, 6.45) is 0.172. The van der Waals surface area contributed by atoms with E-state index in [1.54, 1.807) is 14.0 Å². The quantitative estimate of drug-likeness (QED) is 0.259. The summed E-state index contributed by atoms with van der Waals surface area (Å²) < 4.78 is 10.4. The highest BCUT2D eigenvalue weighted by atomic mass is 35.5. The number of benzene rings is 2. The summed E-state index contributed by atoms with van der Waals surface area (Å²) in [4.78, 5) is 19.1. The minimum atomic E-state index is -0.272. The van der Waals surface area contributed by atoms with Crippen molar-refractivity contribution < 1.29 is 19.1 Å². The number of methoxy groups -OCH3 is 1. The summed E-state index contributed by atoms with van der Waals surface area (Å²) >= 11 is 7.59. The van der Waals surface area contributed by atoms with E-state index in [2.05, 4.69) is 5.16 Å². The third kappa shape index (κ3) is 5.20. The van der Waals surface area contributed by atoms with Crippen LogP contribution in [0.4, 0.5) is 0 Å². The van der Waals surface area contributed by atoms with Crippen LogP contribution in [0.1, 0.15) is 22.9 Å². The van der Waals surface area contributed by atoms with Gasteiger partial charge < -0.3 is 14.3 Å². The summed E-state index contributed by atoms with van der Waals surface area (Å²) in [5.41, 5.74) is 3.40. The molecule has 0 spiro atoms. The lowest BCUT2D eigenvalue weighted by Gasteiger charge is -2.05. The van der Waals surface area contributed by atoms with Gasteiger partial charge in [0.25, 0.3) is 0 Å². The van der Waals surface area contributed by atoms with E-state index < -0.39 is 0 Å². The van der Waals surface area contributed by atoms with Crippen LogP contribution in [0.2, 0.25) is 5.02 Å². The third-order valence-corrected chi connectivity index (χ3v) is 5.82. The summed E-state index contributed by atoms with van der Waals surface area (Å²) in [5, 5.41) is 4.90. The highest BCUT2D eigenvalue weighted by Crippen LogP contribution is 2.35. The first-order chi connectivity index (χ1) is 14.5. The number of thiophene rings is 1. The summed E-state index contributed by atoms with van der Waals surface area (Å²) in [7, 11) is 3.13. The Labute approximate surface area is 184 Å². The van der Waals surface area contributed by atoms with Crippen molar-refractivity contribution in [1.29, 1.82) is 0 Å². The molecule has 0 fully saturated rings. The maximum atomic E-state index is 12.2. The summed E-state index contributed by atoms with van der Waals surface area (Å²) in [6.45, 7) is 2.14. The van der Waals surface area contributed by atoms with E-state index in [0.717, 1.165) is 32.2 Å². The molecule has 1 heterocycles. The van der Waals surface area contributed by atoms with Gasteiger partial charge in [0.15, 0.2) is 0 Å². The van der Waals surface area contributed by atoms with Crippen LogP contribution in [-0.2, 0) is 20.8 Å². The van der Waals surface area contributed by atoms with Gasteiger partial charge in [-0.1, -0.05) is 28.9 Å². The van der Waals surface area contributed by atoms with Crippen molar-refractivity contribution in [3.05, 3.63) is 75.6 Å². The minimum absolute atomic E-state index is 0.172. The first kappa shape index (κ1) is 21.9. The van der Waals surface area contributed by atoms with Crippen molar-refractivity contribution in [2.24, 2.45) is 5.16 Å². The molecule has 3 aromatic rings. The van der Waals surface area contributed by atoms with Gasteiger partial charge in [-0.05, 0) is 60.5 Å². The number of carbonyl (C=O) groups excluding carboxylic acids is 1. The Morgan fingerprint density at radius 1 is 1.07 bits per heavy atom. The van der Waals surface area contributed by atoms with Crippen molar-refractivity contribution in [1.82, 2.24) is 0 Å². The number of hydrogen-bond donors (Lipinski definition) is 0. The second-order valence-electron chi connectivity index (χ2n) is 6.30. The molecule has 2 aromatic carbocycles. The smallest absolute Gasteiger partial charge is 0.310 e. The number of oxime groups is 1. The zero-order chi connectivity index (χ0) is 21.5. The zero-order valence-electron chi connectivity index (χ0n) is 17.0. The van der Waals surface area contributed by atoms with Gasteiger partial charge >= 0.3 is 5.97 Å². The van der Waals surface area contributed by atoms with Crippen LogP contribution >= 0.6 is 22.9 Å². The van der Waals surface area contributed by atoms with E-state index in [1.807, 2.05) is 54.6 Å². The van der Waals surface area contributed by atoms with E-state index in [0.29, 0.717) is 17.3 Å². The van der Waals surface area contributed by atoms with Crippen molar-refractivity contribution in [2.45, 2.75) is 13.3 Å². The molecule has 156 valence electrons. The van der Waals surface area contributed by atoms with Crippen molar-refractivity contribution in [2.75, 3.05) is 20.8 Å². The van der Waals surface area contributed by atoms with E-state index in [-0.39, 0.29) is 12.4 Å². The molecule has 1 aromatic heterocycles. The predicted molar refractivity (Wildman–Crippen MR) is 121 cm³/mol. The molecule has 5 nitrogen and oxygen atoms in total. The van der Waals surface area contributed by atoms with Gasteiger partial charge in [-0.3, -0.25) is 4.79 Å². The van der Waals surface area contributed by atoms with Gasteiger partial charge in [0.2, 0.25) is 0 Å². The molecule has 30 heavy (non-hydrogen) atoms. The van der Waals surface area contributed by atoms with Gasteiger partial charge in [0, 0.05) is 15.5 Å². The number of esters is 1. The molecule has 0 atom stereocenters. The molecule has 0 radical (unpaired) electrons. The molecule has 0 bridgehead atoms. The lowest BCUT2D eigenvalue weighted by atomic mass is 10.0. The fraction of sp³-hybridized carbons (Fsp3) is 0.217. The largest absolute Gasteiger partial charge is 0.497 e. The molecular formula is C23H22ClNO4S. The predicted octanol–water partition coefficient (Wildman–Crippen LogP) is 5.58. The molecule has 3 rings (SSSR count). The van der Waals surface area contributed by atoms with Crippen molar-refractivity contribution in [3.8, 4) is 16.2 Å². The molecule has 0 aliphatic heterocycles. The van der Waals surface area contributed by atoms with E-state index in [1.165, 1.54) is 18.4 Å². The second-order valence-corrected chi connectivity index (χ2v) is 7.79. The van der Waals surface area contributed by atoms with Gasteiger partial charge in [0.05, 0.1) is 25.0 Å². The highest BCUT2D eigenvalue weighted by Gasteiger charge is 2.19. The Bertz CT molecular complexity index is 1030. The lowest BCUT2D eigenvalue weighted by Crippen LogP contribution is -2.07. The molecule has 0 aliphatic carbocycles. The first-order valence-electron chi connectivity index (χ1n) is 9.36. The zero-order valence-corrected chi connectivity index (χ0v) is 18.5. The maximum Gasteiger partial charge on any atom is 0.310 e. The maximum absolute atomic E-state index is 12.2. The van der Waals surface area contributed by atoms with Gasteiger partial charge in [-0.25, -0.2) is 0 Å². The third-order valence-electron chi connectivity index (χ3n) is 4.33. The number of carbonyl (C=O) groups is 1. The van der Waals surface area contributed by atoms with Gasteiger partial charge in [0.1, 0.15) is 18.6 Å². The average molecular weight is 444 g/mol. The van der Waals surface area contributed by atoms with E-state index in [9.17, 15) is 4.79 Å².